The highest BCUT2D eigenvalue weighted by molar-refractivity contribution is 5.85. The standard InChI is InChI=1S/C10H11NO3/c1-7-5-9(14-2)11-6-8(7)3-4-10(12)13/h3-6H,1-2H3,(H,12,13)/b4-3+. The molecule has 0 saturated heterocycles. The lowest BCUT2D eigenvalue weighted by Crippen LogP contribution is -1.91. The number of aromatic nitrogens is 1. The number of nitrogens with zero attached hydrogens (tertiary/aromatic N) is 1. The topological polar surface area (TPSA) is 59.4 Å². The number of aliphatic carboxylic acids is 1. The van der Waals surface area contributed by atoms with Gasteiger partial charge in [-0.15, -0.1) is 0 Å². The Morgan fingerprint density at radius 3 is 2.86 bits per heavy atom. The first kappa shape index (κ1) is 10.2. The number of methoxy groups -OCH3 is 1. The van der Waals surface area contributed by atoms with Gasteiger partial charge in [0, 0.05) is 18.3 Å². The minimum atomic E-state index is -0.972. The highest BCUT2D eigenvalue weighted by atomic mass is 16.5. The summed E-state index contributed by atoms with van der Waals surface area (Å²) in [5.74, 6) is -0.449. The van der Waals surface area contributed by atoms with Crippen LogP contribution in [0.1, 0.15) is 11.1 Å². The van der Waals surface area contributed by atoms with Gasteiger partial charge in [0.15, 0.2) is 0 Å². The van der Waals surface area contributed by atoms with Crippen molar-refractivity contribution >= 4 is 12.0 Å². The molecule has 1 aromatic heterocycles. The van der Waals surface area contributed by atoms with E-state index in [1.807, 2.05) is 6.92 Å². The summed E-state index contributed by atoms with van der Waals surface area (Å²) in [5.41, 5.74) is 1.70. The Kier molecular flexibility index (Phi) is 3.23. The zero-order valence-electron chi connectivity index (χ0n) is 8.02. The molecule has 4 heteroatoms. The minimum absolute atomic E-state index is 0.523. The lowest BCUT2D eigenvalue weighted by molar-refractivity contribution is -0.131. The first-order valence-electron chi connectivity index (χ1n) is 4.05. The molecule has 14 heavy (non-hydrogen) atoms. The molecule has 1 heterocycles. The van der Waals surface area contributed by atoms with Gasteiger partial charge in [-0.25, -0.2) is 9.78 Å². The van der Waals surface area contributed by atoms with E-state index in [4.69, 9.17) is 9.84 Å². The number of pyridine rings is 1. The molecular weight excluding hydrogens is 182 g/mol. The first-order valence-corrected chi connectivity index (χ1v) is 4.05. The number of hydrogen-bond acceptors (Lipinski definition) is 3. The van der Waals surface area contributed by atoms with Crippen molar-refractivity contribution in [2.45, 2.75) is 6.92 Å². The predicted octanol–water partition coefficient (Wildman–Crippen LogP) is 1.50. The van der Waals surface area contributed by atoms with Crippen LogP contribution in [0.2, 0.25) is 0 Å². The summed E-state index contributed by atoms with van der Waals surface area (Å²) < 4.78 is 4.92. The van der Waals surface area contributed by atoms with Crippen LogP contribution in [0.5, 0.6) is 5.88 Å². The molecule has 0 unspecified atom stereocenters. The number of carbonyl (C=O) groups is 1. The number of rotatable bonds is 3. The molecule has 4 nitrogen and oxygen atoms in total. The van der Waals surface area contributed by atoms with E-state index in [-0.39, 0.29) is 0 Å². The van der Waals surface area contributed by atoms with Crippen molar-refractivity contribution in [3.63, 3.8) is 0 Å². The van der Waals surface area contributed by atoms with Crippen LogP contribution in [0.15, 0.2) is 18.3 Å². The van der Waals surface area contributed by atoms with Crippen LogP contribution >= 0.6 is 0 Å². The van der Waals surface area contributed by atoms with E-state index in [0.717, 1.165) is 17.2 Å². The monoisotopic (exact) mass is 193 g/mol. The van der Waals surface area contributed by atoms with Gasteiger partial charge in [0.1, 0.15) is 0 Å². The summed E-state index contributed by atoms with van der Waals surface area (Å²) in [5, 5.41) is 8.43. The number of ether oxygens (including phenoxy) is 1. The number of aryl methyl sites for hydroxylation is 1. The van der Waals surface area contributed by atoms with E-state index in [9.17, 15) is 4.79 Å². The third kappa shape index (κ3) is 2.58. The summed E-state index contributed by atoms with van der Waals surface area (Å²) in [7, 11) is 1.54. The molecular formula is C10H11NO3. The van der Waals surface area contributed by atoms with Crippen LogP contribution in [-0.4, -0.2) is 23.2 Å². The molecule has 0 aliphatic heterocycles. The quantitative estimate of drug-likeness (QED) is 0.739. The third-order valence-electron chi connectivity index (χ3n) is 1.74. The van der Waals surface area contributed by atoms with Crippen LogP contribution in [-0.2, 0) is 4.79 Å². The van der Waals surface area contributed by atoms with Crippen molar-refractivity contribution in [2.75, 3.05) is 7.11 Å². The van der Waals surface area contributed by atoms with E-state index < -0.39 is 5.97 Å². The average molecular weight is 193 g/mol. The minimum Gasteiger partial charge on any atom is -0.481 e. The molecule has 0 atom stereocenters. The van der Waals surface area contributed by atoms with Gasteiger partial charge in [-0.05, 0) is 24.1 Å². The second kappa shape index (κ2) is 4.41. The van der Waals surface area contributed by atoms with Gasteiger partial charge in [-0.2, -0.15) is 0 Å². The van der Waals surface area contributed by atoms with Crippen molar-refractivity contribution in [1.29, 1.82) is 0 Å². The Bertz CT molecular complexity index is 372. The maximum absolute atomic E-state index is 10.3. The van der Waals surface area contributed by atoms with E-state index >= 15 is 0 Å². The summed E-state index contributed by atoms with van der Waals surface area (Å²) in [6.07, 6.45) is 4.16. The van der Waals surface area contributed by atoms with Crippen molar-refractivity contribution in [3.05, 3.63) is 29.5 Å². The Labute approximate surface area is 81.9 Å². The molecule has 0 aromatic carbocycles. The fourth-order valence-electron chi connectivity index (χ4n) is 0.988. The molecule has 0 aliphatic rings. The summed E-state index contributed by atoms with van der Waals surface area (Å²) >= 11 is 0. The Morgan fingerprint density at radius 1 is 1.64 bits per heavy atom. The molecule has 0 spiro atoms. The fraction of sp³-hybridized carbons (Fsp3) is 0.200. The van der Waals surface area contributed by atoms with E-state index in [1.165, 1.54) is 13.2 Å². The molecule has 1 N–H and O–H groups in total. The van der Waals surface area contributed by atoms with Crippen molar-refractivity contribution in [3.8, 4) is 5.88 Å². The Morgan fingerprint density at radius 2 is 2.36 bits per heavy atom. The molecule has 0 amide bonds. The molecule has 0 aliphatic carbocycles. The Balaban J connectivity index is 2.94. The normalized spacial score (nSPS) is 10.4. The zero-order valence-corrected chi connectivity index (χ0v) is 8.02. The molecule has 1 rings (SSSR count). The lowest BCUT2D eigenvalue weighted by atomic mass is 10.1. The second-order valence-corrected chi connectivity index (χ2v) is 2.75. The zero-order chi connectivity index (χ0) is 10.6. The average Bonchev–Trinajstić information content (AvgIpc) is 2.15. The smallest absolute Gasteiger partial charge is 0.328 e. The summed E-state index contributed by atoms with van der Waals surface area (Å²) in [6.45, 7) is 1.87. The van der Waals surface area contributed by atoms with Crippen LogP contribution in [0.25, 0.3) is 6.08 Å². The van der Waals surface area contributed by atoms with Gasteiger partial charge in [-0.3, -0.25) is 0 Å². The van der Waals surface area contributed by atoms with Crippen molar-refractivity contribution in [2.24, 2.45) is 0 Å². The first-order chi connectivity index (χ1) is 6.63. The van der Waals surface area contributed by atoms with Crippen molar-refractivity contribution < 1.29 is 14.6 Å². The second-order valence-electron chi connectivity index (χ2n) is 2.75. The van der Waals surface area contributed by atoms with Gasteiger partial charge >= 0.3 is 5.97 Å². The van der Waals surface area contributed by atoms with Gasteiger partial charge < -0.3 is 9.84 Å². The van der Waals surface area contributed by atoms with Gasteiger partial charge in [-0.1, -0.05) is 0 Å². The summed E-state index contributed by atoms with van der Waals surface area (Å²) in [6, 6.07) is 1.75. The third-order valence-corrected chi connectivity index (χ3v) is 1.74. The van der Waals surface area contributed by atoms with Crippen LogP contribution in [0, 0.1) is 6.92 Å². The highest BCUT2D eigenvalue weighted by Crippen LogP contribution is 2.14. The summed E-state index contributed by atoms with van der Waals surface area (Å²) in [4.78, 5) is 14.2. The molecule has 0 saturated carbocycles. The van der Waals surface area contributed by atoms with E-state index in [0.29, 0.717) is 5.88 Å². The van der Waals surface area contributed by atoms with Crippen LogP contribution in [0.3, 0.4) is 0 Å². The molecule has 0 bridgehead atoms. The maximum atomic E-state index is 10.3. The number of carboxylic acids is 1. The van der Waals surface area contributed by atoms with Gasteiger partial charge in [0.05, 0.1) is 7.11 Å². The largest absolute Gasteiger partial charge is 0.481 e. The van der Waals surface area contributed by atoms with Gasteiger partial charge in [0.25, 0.3) is 0 Å². The number of hydrogen-bond donors (Lipinski definition) is 1. The Hall–Kier alpha value is -1.84. The molecule has 0 radical (unpaired) electrons. The predicted molar refractivity (Wildman–Crippen MR) is 52.2 cm³/mol. The van der Waals surface area contributed by atoms with Crippen LogP contribution in [0.4, 0.5) is 0 Å². The SMILES string of the molecule is COc1cc(C)c(/C=C/C(=O)O)cn1. The highest BCUT2D eigenvalue weighted by Gasteiger charge is 1.98. The maximum Gasteiger partial charge on any atom is 0.328 e. The number of carboxylic acid groups (broad SMARTS) is 1. The molecule has 74 valence electrons. The van der Waals surface area contributed by atoms with E-state index in [2.05, 4.69) is 4.98 Å². The molecule has 1 aromatic rings. The van der Waals surface area contributed by atoms with Gasteiger partial charge in [0.2, 0.25) is 5.88 Å². The van der Waals surface area contributed by atoms with Crippen LogP contribution < -0.4 is 4.74 Å². The van der Waals surface area contributed by atoms with E-state index in [1.54, 1.807) is 12.3 Å². The fourth-order valence-corrected chi connectivity index (χ4v) is 0.988. The molecule has 0 fully saturated rings. The lowest BCUT2D eigenvalue weighted by Gasteiger charge is -2.02. The van der Waals surface area contributed by atoms with Crippen molar-refractivity contribution in [1.82, 2.24) is 4.98 Å².